The smallest absolute Gasteiger partial charge is 0.0415 e. The van der Waals surface area contributed by atoms with Crippen molar-refractivity contribution in [1.82, 2.24) is 4.57 Å². The van der Waals surface area contributed by atoms with E-state index >= 15 is 0 Å². The molecule has 0 bridgehead atoms. The van der Waals surface area contributed by atoms with Gasteiger partial charge in [0.1, 0.15) is 0 Å². The van der Waals surface area contributed by atoms with Gasteiger partial charge in [0.05, 0.1) is 0 Å². The van der Waals surface area contributed by atoms with Crippen LogP contribution in [0, 0.1) is 6.92 Å². The molecule has 2 heterocycles. The molecule has 1 aromatic heterocycles. The Morgan fingerprint density at radius 2 is 1.95 bits per heavy atom. The molecule has 0 saturated carbocycles. The lowest BCUT2D eigenvalue weighted by molar-refractivity contribution is 0.920. The molecule has 2 aromatic rings. The van der Waals surface area contributed by atoms with Crippen LogP contribution in [0.3, 0.4) is 0 Å². The maximum Gasteiger partial charge on any atom is 0.0415 e. The molecular formula is C17H23N3. The van der Waals surface area contributed by atoms with E-state index in [4.69, 9.17) is 0 Å². The molecule has 106 valence electrons. The molecule has 1 aromatic carbocycles. The van der Waals surface area contributed by atoms with Crippen molar-refractivity contribution in [2.75, 3.05) is 23.3 Å². The standard InChI is InChI=1S/C17H23N3/c1-14-11-16(20-8-3-4-9-20)5-6-17(14)18-12-15-7-10-19(2)13-15/h5-7,10-11,13,18H,3-4,8-9,12H2,1-2H3. The lowest BCUT2D eigenvalue weighted by atomic mass is 10.1. The molecule has 0 atom stereocenters. The summed E-state index contributed by atoms with van der Waals surface area (Å²) in [5.74, 6) is 0. The van der Waals surface area contributed by atoms with Crippen molar-refractivity contribution < 1.29 is 0 Å². The first-order valence-electron chi connectivity index (χ1n) is 7.43. The Morgan fingerprint density at radius 3 is 2.60 bits per heavy atom. The van der Waals surface area contributed by atoms with Crippen molar-refractivity contribution in [3.8, 4) is 0 Å². The maximum atomic E-state index is 3.53. The van der Waals surface area contributed by atoms with Gasteiger partial charge >= 0.3 is 0 Å². The lowest BCUT2D eigenvalue weighted by Gasteiger charge is -2.19. The number of aromatic nitrogens is 1. The summed E-state index contributed by atoms with van der Waals surface area (Å²) < 4.78 is 2.08. The predicted octanol–water partition coefficient (Wildman–Crippen LogP) is 3.55. The van der Waals surface area contributed by atoms with Gasteiger partial charge in [-0.05, 0) is 55.2 Å². The topological polar surface area (TPSA) is 20.2 Å². The SMILES string of the molecule is Cc1cc(N2CCCC2)ccc1NCc1ccn(C)c1. The highest BCUT2D eigenvalue weighted by Gasteiger charge is 2.12. The largest absolute Gasteiger partial charge is 0.381 e. The number of rotatable bonds is 4. The minimum Gasteiger partial charge on any atom is -0.381 e. The summed E-state index contributed by atoms with van der Waals surface area (Å²) >= 11 is 0. The fourth-order valence-corrected chi connectivity index (χ4v) is 2.88. The molecule has 0 unspecified atom stereocenters. The number of hydrogen-bond donors (Lipinski definition) is 1. The van der Waals surface area contributed by atoms with Crippen LogP contribution in [0.2, 0.25) is 0 Å². The minimum atomic E-state index is 0.880. The second kappa shape index (κ2) is 5.61. The summed E-state index contributed by atoms with van der Waals surface area (Å²) in [4.78, 5) is 2.48. The Balaban J connectivity index is 1.67. The number of anilines is 2. The molecular weight excluding hydrogens is 246 g/mol. The first kappa shape index (κ1) is 13.1. The van der Waals surface area contributed by atoms with E-state index in [-0.39, 0.29) is 0 Å². The molecule has 1 saturated heterocycles. The van der Waals surface area contributed by atoms with Crippen LogP contribution < -0.4 is 10.2 Å². The van der Waals surface area contributed by atoms with Crippen LogP contribution in [0.25, 0.3) is 0 Å². The van der Waals surface area contributed by atoms with Crippen LogP contribution in [0.4, 0.5) is 11.4 Å². The van der Waals surface area contributed by atoms with Gasteiger partial charge in [-0.2, -0.15) is 0 Å². The molecule has 1 N–H and O–H groups in total. The number of aryl methyl sites for hydroxylation is 2. The first-order chi connectivity index (χ1) is 9.72. The van der Waals surface area contributed by atoms with Crippen molar-refractivity contribution in [3.05, 3.63) is 47.8 Å². The van der Waals surface area contributed by atoms with E-state index in [0.717, 1.165) is 6.54 Å². The van der Waals surface area contributed by atoms with Crippen molar-refractivity contribution in [2.24, 2.45) is 7.05 Å². The number of nitrogens with one attached hydrogen (secondary N) is 1. The Hall–Kier alpha value is -1.90. The van der Waals surface area contributed by atoms with Gasteiger partial charge in [-0.25, -0.2) is 0 Å². The molecule has 1 aliphatic heterocycles. The van der Waals surface area contributed by atoms with Gasteiger partial charge in [0.15, 0.2) is 0 Å². The van der Waals surface area contributed by atoms with Gasteiger partial charge < -0.3 is 14.8 Å². The van der Waals surface area contributed by atoms with E-state index in [2.05, 4.69) is 65.4 Å². The number of hydrogen-bond acceptors (Lipinski definition) is 2. The van der Waals surface area contributed by atoms with E-state index in [1.165, 1.54) is 48.4 Å². The fraction of sp³-hybridized carbons (Fsp3) is 0.412. The van der Waals surface area contributed by atoms with Crippen molar-refractivity contribution in [1.29, 1.82) is 0 Å². The Morgan fingerprint density at radius 1 is 1.15 bits per heavy atom. The average molecular weight is 269 g/mol. The monoisotopic (exact) mass is 269 g/mol. The van der Waals surface area contributed by atoms with Crippen LogP contribution in [-0.4, -0.2) is 17.7 Å². The fourth-order valence-electron chi connectivity index (χ4n) is 2.88. The molecule has 1 aliphatic rings. The van der Waals surface area contributed by atoms with Crippen LogP contribution >= 0.6 is 0 Å². The Kier molecular flexibility index (Phi) is 3.68. The van der Waals surface area contributed by atoms with Crippen LogP contribution in [0.1, 0.15) is 24.0 Å². The molecule has 3 heteroatoms. The average Bonchev–Trinajstić information content (AvgIpc) is 3.08. The summed E-state index contributed by atoms with van der Waals surface area (Å²) in [6.45, 7) is 5.48. The first-order valence-corrected chi connectivity index (χ1v) is 7.43. The Labute approximate surface area is 121 Å². The summed E-state index contributed by atoms with van der Waals surface area (Å²) in [5, 5.41) is 3.53. The van der Waals surface area contributed by atoms with E-state index in [0.29, 0.717) is 0 Å². The molecule has 3 rings (SSSR count). The molecule has 1 fully saturated rings. The predicted molar refractivity (Wildman–Crippen MR) is 85.4 cm³/mol. The third kappa shape index (κ3) is 2.82. The molecule has 0 spiro atoms. The van der Waals surface area contributed by atoms with E-state index in [9.17, 15) is 0 Å². The van der Waals surface area contributed by atoms with Crippen molar-refractivity contribution >= 4 is 11.4 Å². The summed E-state index contributed by atoms with van der Waals surface area (Å²) in [7, 11) is 2.06. The van der Waals surface area contributed by atoms with Gasteiger partial charge in [-0.3, -0.25) is 0 Å². The van der Waals surface area contributed by atoms with E-state index in [1.54, 1.807) is 0 Å². The molecule has 20 heavy (non-hydrogen) atoms. The van der Waals surface area contributed by atoms with Gasteiger partial charge in [-0.1, -0.05) is 0 Å². The lowest BCUT2D eigenvalue weighted by Crippen LogP contribution is -2.17. The number of benzene rings is 1. The maximum absolute atomic E-state index is 3.53. The van der Waals surface area contributed by atoms with E-state index in [1.807, 2.05) is 0 Å². The Bertz CT molecular complexity index is 580. The van der Waals surface area contributed by atoms with Gasteiger partial charge in [0.25, 0.3) is 0 Å². The van der Waals surface area contributed by atoms with Crippen LogP contribution in [-0.2, 0) is 13.6 Å². The molecule has 0 radical (unpaired) electrons. The highest BCUT2D eigenvalue weighted by molar-refractivity contribution is 5.60. The van der Waals surface area contributed by atoms with Gasteiger partial charge in [-0.15, -0.1) is 0 Å². The third-order valence-electron chi connectivity index (χ3n) is 4.06. The van der Waals surface area contributed by atoms with E-state index < -0.39 is 0 Å². The quantitative estimate of drug-likeness (QED) is 0.916. The normalized spacial score (nSPS) is 14.8. The molecule has 0 aliphatic carbocycles. The molecule has 3 nitrogen and oxygen atoms in total. The summed E-state index contributed by atoms with van der Waals surface area (Å²) in [6, 6.07) is 8.91. The minimum absolute atomic E-state index is 0.880. The summed E-state index contributed by atoms with van der Waals surface area (Å²) in [6.07, 6.45) is 6.89. The highest BCUT2D eigenvalue weighted by atomic mass is 15.1. The zero-order chi connectivity index (χ0) is 13.9. The second-order valence-electron chi connectivity index (χ2n) is 5.73. The van der Waals surface area contributed by atoms with Gasteiger partial charge in [0.2, 0.25) is 0 Å². The van der Waals surface area contributed by atoms with Crippen LogP contribution in [0.5, 0.6) is 0 Å². The zero-order valence-corrected chi connectivity index (χ0v) is 12.4. The van der Waals surface area contributed by atoms with Crippen molar-refractivity contribution in [2.45, 2.75) is 26.3 Å². The highest BCUT2D eigenvalue weighted by Crippen LogP contribution is 2.25. The third-order valence-corrected chi connectivity index (χ3v) is 4.06. The number of nitrogens with zero attached hydrogens (tertiary/aromatic N) is 2. The summed E-state index contributed by atoms with van der Waals surface area (Å²) in [5.41, 5.74) is 5.24. The van der Waals surface area contributed by atoms with Crippen molar-refractivity contribution in [3.63, 3.8) is 0 Å². The van der Waals surface area contributed by atoms with Crippen LogP contribution in [0.15, 0.2) is 36.7 Å². The molecule has 0 amide bonds. The van der Waals surface area contributed by atoms with Gasteiger partial charge in [0, 0.05) is 50.5 Å². The second-order valence-corrected chi connectivity index (χ2v) is 5.73. The zero-order valence-electron chi connectivity index (χ0n) is 12.4.